The van der Waals surface area contributed by atoms with Gasteiger partial charge in [-0.2, -0.15) is 5.21 Å². The number of tetrazole rings is 1. The third kappa shape index (κ3) is 3.51. The summed E-state index contributed by atoms with van der Waals surface area (Å²) >= 11 is 3.12. The molecular formula is C10H9BrN6O3. The first-order chi connectivity index (χ1) is 9.56. The maximum Gasteiger partial charge on any atom is 0.336 e. The molecule has 1 aromatic carbocycles. The molecule has 1 heterocycles. The molecule has 2 rings (SSSR count). The first-order valence-corrected chi connectivity index (χ1v) is 6.15. The topological polar surface area (TPSA) is 133 Å². The predicted octanol–water partition coefficient (Wildman–Crippen LogP) is 0.982. The van der Waals surface area contributed by atoms with Gasteiger partial charge in [0.15, 0.2) is 5.82 Å². The van der Waals surface area contributed by atoms with Crippen LogP contribution in [0.4, 0.5) is 10.5 Å². The van der Waals surface area contributed by atoms with Crippen molar-refractivity contribution in [1.82, 2.24) is 25.9 Å². The maximum atomic E-state index is 11.6. The number of amides is 2. The summed E-state index contributed by atoms with van der Waals surface area (Å²) in [6.45, 7) is 0.102. The molecule has 0 aliphatic rings. The lowest BCUT2D eigenvalue weighted by Gasteiger charge is -2.07. The molecule has 2 amide bonds. The van der Waals surface area contributed by atoms with Crippen molar-refractivity contribution in [3.05, 3.63) is 34.1 Å². The van der Waals surface area contributed by atoms with Gasteiger partial charge in [0, 0.05) is 10.2 Å². The Morgan fingerprint density at radius 1 is 1.40 bits per heavy atom. The number of halogens is 1. The minimum atomic E-state index is -1.09. The number of carboxylic acids is 1. The van der Waals surface area contributed by atoms with Crippen LogP contribution in [0, 0.1) is 0 Å². The first-order valence-electron chi connectivity index (χ1n) is 5.36. The quantitative estimate of drug-likeness (QED) is 0.655. The second-order valence-electron chi connectivity index (χ2n) is 3.64. The van der Waals surface area contributed by atoms with Gasteiger partial charge in [-0.15, -0.1) is 10.2 Å². The molecule has 2 aromatic rings. The summed E-state index contributed by atoms with van der Waals surface area (Å²) in [6.07, 6.45) is 0. The van der Waals surface area contributed by atoms with Crippen LogP contribution in [0.2, 0.25) is 0 Å². The van der Waals surface area contributed by atoms with Crippen LogP contribution in [0.25, 0.3) is 0 Å². The molecule has 0 aliphatic carbocycles. The molecule has 9 nitrogen and oxygen atoms in total. The van der Waals surface area contributed by atoms with Gasteiger partial charge in [0.25, 0.3) is 0 Å². The zero-order valence-corrected chi connectivity index (χ0v) is 11.5. The van der Waals surface area contributed by atoms with Crippen LogP contribution >= 0.6 is 15.9 Å². The van der Waals surface area contributed by atoms with Crippen molar-refractivity contribution in [2.75, 3.05) is 5.32 Å². The Bertz CT molecular complexity index is 630. The number of nitrogens with one attached hydrogen (secondary N) is 3. The second kappa shape index (κ2) is 6.10. The molecule has 0 radical (unpaired) electrons. The molecule has 0 spiro atoms. The first kappa shape index (κ1) is 13.9. The average Bonchev–Trinajstić information content (AvgIpc) is 2.91. The van der Waals surface area contributed by atoms with E-state index in [0.717, 1.165) is 0 Å². The number of carboxylic acid groups (broad SMARTS) is 1. The van der Waals surface area contributed by atoms with E-state index >= 15 is 0 Å². The number of hydrogen-bond donors (Lipinski definition) is 4. The molecule has 20 heavy (non-hydrogen) atoms. The molecule has 0 fully saturated rings. The van der Waals surface area contributed by atoms with Crippen LogP contribution in [0.1, 0.15) is 16.2 Å². The highest BCUT2D eigenvalue weighted by Gasteiger charge is 2.10. The van der Waals surface area contributed by atoms with E-state index in [1.165, 1.54) is 12.1 Å². The molecule has 0 bridgehead atoms. The van der Waals surface area contributed by atoms with E-state index in [4.69, 9.17) is 5.11 Å². The van der Waals surface area contributed by atoms with Crippen molar-refractivity contribution in [3.8, 4) is 0 Å². The fourth-order valence-electron chi connectivity index (χ4n) is 1.36. The number of aromatic carboxylic acids is 1. The summed E-state index contributed by atoms with van der Waals surface area (Å²) in [6, 6.07) is 3.96. The molecule has 0 saturated heterocycles. The molecule has 104 valence electrons. The summed E-state index contributed by atoms with van der Waals surface area (Å²) in [7, 11) is 0. The zero-order chi connectivity index (χ0) is 14.5. The number of nitrogens with zero attached hydrogens (tertiary/aromatic N) is 3. The predicted molar refractivity (Wildman–Crippen MR) is 71.1 cm³/mol. The molecule has 4 N–H and O–H groups in total. The van der Waals surface area contributed by atoms with Crippen LogP contribution < -0.4 is 10.6 Å². The number of carbonyl (C=O) groups is 2. The van der Waals surface area contributed by atoms with Gasteiger partial charge in [0.2, 0.25) is 0 Å². The number of anilines is 1. The van der Waals surface area contributed by atoms with Crippen LogP contribution in [0.3, 0.4) is 0 Å². The van der Waals surface area contributed by atoms with Crippen molar-refractivity contribution in [2.45, 2.75) is 6.54 Å². The fraction of sp³-hybridized carbons (Fsp3) is 0.100. The number of benzene rings is 1. The van der Waals surface area contributed by atoms with E-state index in [9.17, 15) is 9.59 Å². The summed E-state index contributed by atoms with van der Waals surface area (Å²) in [4.78, 5) is 22.6. The van der Waals surface area contributed by atoms with E-state index in [1.807, 2.05) is 0 Å². The van der Waals surface area contributed by atoms with Gasteiger partial charge in [-0.05, 0) is 34.1 Å². The van der Waals surface area contributed by atoms with Gasteiger partial charge in [0.1, 0.15) is 0 Å². The number of urea groups is 1. The monoisotopic (exact) mass is 340 g/mol. The SMILES string of the molecule is O=C(NCc1nn[nH]n1)Nc1ccc(Br)c(C(=O)O)c1. The Morgan fingerprint density at radius 3 is 2.85 bits per heavy atom. The average molecular weight is 341 g/mol. The summed E-state index contributed by atoms with van der Waals surface area (Å²) in [5.74, 6) is -0.755. The lowest BCUT2D eigenvalue weighted by atomic mass is 10.2. The van der Waals surface area contributed by atoms with E-state index in [-0.39, 0.29) is 12.1 Å². The number of aromatic amines is 1. The molecule has 1 aromatic heterocycles. The minimum Gasteiger partial charge on any atom is -0.478 e. The standard InChI is InChI=1S/C10H9BrN6O3/c11-7-2-1-5(3-6(7)9(18)19)13-10(20)12-4-8-14-16-17-15-8/h1-3H,4H2,(H,18,19)(H2,12,13,20)(H,14,15,16,17). The molecular weight excluding hydrogens is 332 g/mol. The largest absolute Gasteiger partial charge is 0.478 e. The Hall–Kier alpha value is -2.49. The molecule has 0 atom stereocenters. The molecule has 0 aliphatic heterocycles. The molecule has 0 unspecified atom stereocenters. The molecule has 10 heteroatoms. The second-order valence-corrected chi connectivity index (χ2v) is 4.49. The summed E-state index contributed by atoms with van der Waals surface area (Å²) in [5.41, 5.74) is 0.414. The van der Waals surface area contributed by atoms with Crippen LogP contribution in [0.5, 0.6) is 0 Å². The number of hydrogen-bond acceptors (Lipinski definition) is 5. The van der Waals surface area contributed by atoms with E-state index in [0.29, 0.717) is 16.0 Å². The lowest BCUT2D eigenvalue weighted by Crippen LogP contribution is -2.28. The molecule has 0 saturated carbocycles. The minimum absolute atomic E-state index is 0.0565. The van der Waals surface area contributed by atoms with E-state index in [2.05, 4.69) is 47.2 Å². The van der Waals surface area contributed by atoms with Gasteiger partial charge in [-0.1, -0.05) is 5.21 Å². The lowest BCUT2D eigenvalue weighted by molar-refractivity contribution is 0.0696. The number of aromatic nitrogens is 4. The van der Waals surface area contributed by atoms with Crippen LogP contribution in [-0.2, 0) is 6.54 Å². The zero-order valence-electron chi connectivity index (χ0n) is 9.92. The highest BCUT2D eigenvalue weighted by atomic mass is 79.9. The number of H-pyrrole nitrogens is 1. The summed E-state index contributed by atoms with van der Waals surface area (Å²) < 4.78 is 0.433. The number of rotatable bonds is 4. The van der Waals surface area contributed by atoms with Crippen molar-refractivity contribution in [1.29, 1.82) is 0 Å². The van der Waals surface area contributed by atoms with E-state index in [1.54, 1.807) is 6.07 Å². The third-order valence-electron chi connectivity index (χ3n) is 2.25. The van der Waals surface area contributed by atoms with Crippen molar-refractivity contribution < 1.29 is 14.7 Å². The van der Waals surface area contributed by atoms with Gasteiger partial charge >= 0.3 is 12.0 Å². The highest BCUT2D eigenvalue weighted by Crippen LogP contribution is 2.21. The van der Waals surface area contributed by atoms with Gasteiger partial charge in [-0.3, -0.25) is 0 Å². The maximum absolute atomic E-state index is 11.6. The third-order valence-corrected chi connectivity index (χ3v) is 2.94. The highest BCUT2D eigenvalue weighted by molar-refractivity contribution is 9.10. The fourth-order valence-corrected chi connectivity index (χ4v) is 1.78. The van der Waals surface area contributed by atoms with Crippen LogP contribution in [0.15, 0.2) is 22.7 Å². The van der Waals surface area contributed by atoms with Gasteiger partial charge in [0.05, 0.1) is 12.1 Å². The number of carbonyl (C=O) groups excluding carboxylic acids is 1. The smallest absolute Gasteiger partial charge is 0.336 e. The van der Waals surface area contributed by atoms with Gasteiger partial charge < -0.3 is 15.7 Å². The van der Waals surface area contributed by atoms with Crippen molar-refractivity contribution >= 4 is 33.6 Å². The Morgan fingerprint density at radius 2 is 2.20 bits per heavy atom. The Kier molecular flexibility index (Phi) is 4.25. The Balaban J connectivity index is 1.97. The van der Waals surface area contributed by atoms with Crippen LogP contribution in [-0.4, -0.2) is 37.7 Å². The van der Waals surface area contributed by atoms with Gasteiger partial charge in [-0.25, -0.2) is 9.59 Å². The van der Waals surface area contributed by atoms with Crippen molar-refractivity contribution in [3.63, 3.8) is 0 Å². The normalized spacial score (nSPS) is 10.1. The van der Waals surface area contributed by atoms with Crippen molar-refractivity contribution in [2.24, 2.45) is 0 Å². The summed E-state index contributed by atoms with van der Waals surface area (Å²) in [5, 5.41) is 26.9. The Labute approximate surface area is 120 Å². The van der Waals surface area contributed by atoms with E-state index < -0.39 is 12.0 Å².